The average molecular weight is 132 g/mol. The van der Waals surface area contributed by atoms with Crippen molar-refractivity contribution in [2.75, 3.05) is 0 Å². The quantitative estimate of drug-likeness (QED) is 0.597. The molecule has 0 amide bonds. The van der Waals surface area contributed by atoms with Crippen molar-refractivity contribution in [1.29, 1.82) is 0 Å². The molecule has 2 atom stereocenters. The SMILES string of the molecule is CC[C@H](O)CCC(C)O. The maximum absolute atomic E-state index is 9.00. The maximum atomic E-state index is 9.00. The second-order valence-electron chi connectivity index (χ2n) is 2.49. The van der Waals surface area contributed by atoms with Gasteiger partial charge in [0, 0.05) is 0 Å². The van der Waals surface area contributed by atoms with Crippen LogP contribution in [0.25, 0.3) is 0 Å². The van der Waals surface area contributed by atoms with Gasteiger partial charge in [-0.1, -0.05) is 6.92 Å². The van der Waals surface area contributed by atoms with Gasteiger partial charge in [0.25, 0.3) is 0 Å². The molecule has 0 spiro atoms. The molecule has 1 unspecified atom stereocenters. The van der Waals surface area contributed by atoms with E-state index in [0.29, 0.717) is 12.8 Å². The molecule has 0 radical (unpaired) electrons. The highest BCUT2D eigenvalue weighted by Crippen LogP contribution is 2.03. The number of rotatable bonds is 4. The van der Waals surface area contributed by atoms with E-state index in [9.17, 15) is 0 Å². The molecule has 0 saturated carbocycles. The third-order valence-corrected chi connectivity index (χ3v) is 1.39. The maximum Gasteiger partial charge on any atom is 0.0538 e. The molecule has 9 heavy (non-hydrogen) atoms. The van der Waals surface area contributed by atoms with Crippen LogP contribution >= 0.6 is 0 Å². The summed E-state index contributed by atoms with van der Waals surface area (Å²) in [5.41, 5.74) is 0. The highest BCUT2D eigenvalue weighted by molar-refractivity contribution is 4.55. The van der Waals surface area contributed by atoms with Gasteiger partial charge in [0.15, 0.2) is 0 Å². The Labute approximate surface area is 56.5 Å². The fourth-order valence-electron chi connectivity index (χ4n) is 0.638. The summed E-state index contributed by atoms with van der Waals surface area (Å²) in [6.45, 7) is 3.68. The zero-order valence-electron chi connectivity index (χ0n) is 6.17. The largest absolute Gasteiger partial charge is 0.393 e. The van der Waals surface area contributed by atoms with Crippen LogP contribution in [0.15, 0.2) is 0 Å². The van der Waals surface area contributed by atoms with E-state index in [1.54, 1.807) is 6.92 Å². The van der Waals surface area contributed by atoms with Gasteiger partial charge in [-0.15, -0.1) is 0 Å². The molecule has 0 heterocycles. The van der Waals surface area contributed by atoms with Crippen LogP contribution in [0.5, 0.6) is 0 Å². The highest BCUT2D eigenvalue weighted by atomic mass is 16.3. The predicted molar refractivity (Wildman–Crippen MR) is 37.2 cm³/mol. The van der Waals surface area contributed by atoms with Gasteiger partial charge < -0.3 is 10.2 Å². The van der Waals surface area contributed by atoms with Gasteiger partial charge in [0.2, 0.25) is 0 Å². The third kappa shape index (κ3) is 5.80. The number of hydrogen-bond donors (Lipinski definition) is 2. The van der Waals surface area contributed by atoms with E-state index in [4.69, 9.17) is 10.2 Å². The van der Waals surface area contributed by atoms with E-state index in [2.05, 4.69) is 0 Å². The van der Waals surface area contributed by atoms with Crippen molar-refractivity contribution in [3.8, 4) is 0 Å². The number of aliphatic hydroxyl groups is 2. The summed E-state index contributed by atoms with van der Waals surface area (Å²) < 4.78 is 0. The van der Waals surface area contributed by atoms with E-state index in [1.807, 2.05) is 6.92 Å². The van der Waals surface area contributed by atoms with Crippen LogP contribution in [0, 0.1) is 0 Å². The van der Waals surface area contributed by atoms with E-state index >= 15 is 0 Å². The summed E-state index contributed by atoms with van der Waals surface area (Å²) in [5, 5.41) is 17.8. The van der Waals surface area contributed by atoms with Crippen molar-refractivity contribution in [2.24, 2.45) is 0 Å². The van der Waals surface area contributed by atoms with Gasteiger partial charge >= 0.3 is 0 Å². The van der Waals surface area contributed by atoms with Gasteiger partial charge in [-0.25, -0.2) is 0 Å². The van der Waals surface area contributed by atoms with Crippen molar-refractivity contribution in [1.82, 2.24) is 0 Å². The predicted octanol–water partition coefficient (Wildman–Crippen LogP) is 0.918. The van der Waals surface area contributed by atoms with Crippen LogP contribution in [0.3, 0.4) is 0 Å². The molecule has 0 fully saturated rings. The van der Waals surface area contributed by atoms with E-state index in [1.165, 1.54) is 0 Å². The molecule has 0 aromatic carbocycles. The fraction of sp³-hybridized carbons (Fsp3) is 1.00. The first kappa shape index (κ1) is 8.92. The first-order valence-electron chi connectivity index (χ1n) is 3.53. The lowest BCUT2D eigenvalue weighted by molar-refractivity contribution is 0.120. The van der Waals surface area contributed by atoms with Gasteiger partial charge in [-0.3, -0.25) is 0 Å². The van der Waals surface area contributed by atoms with Crippen molar-refractivity contribution in [2.45, 2.75) is 45.3 Å². The molecule has 56 valence electrons. The molecule has 0 aliphatic carbocycles. The van der Waals surface area contributed by atoms with Crippen molar-refractivity contribution >= 4 is 0 Å². The topological polar surface area (TPSA) is 40.5 Å². The molecule has 2 heteroatoms. The van der Waals surface area contributed by atoms with E-state index in [-0.39, 0.29) is 12.2 Å². The summed E-state index contributed by atoms with van der Waals surface area (Å²) in [4.78, 5) is 0. The fourth-order valence-corrected chi connectivity index (χ4v) is 0.638. The van der Waals surface area contributed by atoms with Crippen molar-refractivity contribution in [3.63, 3.8) is 0 Å². The van der Waals surface area contributed by atoms with Gasteiger partial charge in [0.1, 0.15) is 0 Å². The second kappa shape index (κ2) is 4.77. The monoisotopic (exact) mass is 132 g/mol. The Bertz CT molecular complexity index is 61.9. The summed E-state index contributed by atoms with van der Waals surface area (Å²) in [6, 6.07) is 0. The molecule has 0 aliphatic rings. The van der Waals surface area contributed by atoms with Crippen LogP contribution < -0.4 is 0 Å². The Morgan fingerprint density at radius 2 is 1.78 bits per heavy atom. The summed E-state index contributed by atoms with van der Waals surface area (Å²) in [5.74, 6) is 0. The lowest BCUT2D eigenvalue weighted by Crippen LogP contribution is -2.08. The zero-order chi connectivity index (χ0) is 7.28. The molecular formula is C7H16O2. The minimum Gasteiger partial charge on any atom is -0.393 e. The second-order valence-corrected chi connectivity index (χ2v) is 2.49. The molecule has 0 saturated heterocycles. The van der Waals surface area contributed by atoms with Gasteiger partial charge in [-0.05, 0) is 26.2 Å². The standard InChI is InChI=1S/C7H16O2/c1-3-7(9)5-4-6(2)8/h6-9H,3-5H2,1-2H3/t6?,7-/m0/s1. The molecule has 0 rings (SSSR count). The van der Waals surface area contributed by atoms with E-state index < -0.39 is 0 Å². The molecule has 0 aromatic heterocycles. The molecule has 0 bridgehead atoms. The van der Waals surface area contributed by atoms with Crippen LogP contribution in [0.2, 0.25) is 0 Å². The Morgan fingerprint density at radius 1 is 1.22 bits per heavy atom. The van der Waals surface area contributed by atoms with Crippen LogP contribution in [-0.4, -0.2) is 22.4 Å². The van der Waals surface area contributed by atoms with E-state index in [0.717, 1.165) is 6.42 Å². The Hall–Kier alpha value is -0.0800. The zero-order valence-corrected chi connectivity index (χ0v) is 6.17. The Kier molecular flexibility index (Phi) is 4.72. The summed E-state index contributed by atoms with van der Waals surface area (Å²) in [7, 11) is 0. The minimum absolute atomic E-state index is 0.223. The molecule has 0 aliphatic heterocycles. The van der Waals surface area contributed by atoms with Crippen LogP contribution in [-0.2, 0) is 0 Å². The van der Waals surface area contributed by atoms with Crippen LogP contribution in [0.1, 0.15) is 33.1 Å². The number of hydrogen-bond acceptors (Lipinski definition) is 2. The Morgan fingerprint density at radius 3 is 2.11 bits per heavy atom. The first-order chi connectivity index (χ1) is 4.16. The normalized spacial score (nSPS) is 17.3. The van der Waals surface area contributed by atoms with Crippen LogP contribution in [0.4, 0.5) is 0 Å². The highest BCUT2D eigenvalue weighted by Gasteiger charge is 2.01. The third-order valence-electron chi connectivity index (χ3n) is 1.39. The average Bonchev–Trinajstić information content (AvgIpc) is 1.83. The lowest BCUT2D eigenvalue weighted by Gasteiger charge is -2.07. The smallest absolute Gasteiger partial charge is 0.0538 e. The molecule has 2 N–H and O–H groups in total. The van der Waals surface area contributed by atoms with Crippen molar-refractivity contribution < 1.29 is 10.2 Å². The van der Waals surface area contributed by atoms with Gasteiger partial charge in [-0.2, -0.15) is 0 Å². The van der Waals surface area contributed by atoms with Crippen molar-refractivity contribution in [3.05, 3.63) is 0 Å². The number of aliphatic hydroxyl groups excluding tert-OH is 2. The first-order valence-corrected chi connectivity index (χ1v) is 3.53. The summed E-state index contributed by atoms with van der Waals surface area (Å²) >= 11 is 0. The molecule has 0 aromatic rings. The van der Waals surface area contributed by atoms with Gasteiger partial charge in [0.05, 0.1) is 12.2 Å². The lowest BCUT2D eigenvalue weighted by atomic mass is 10.1. The molecule has 2 nitrogen and oxygen atoms in total. The summed E-state index contributed by atoms with van der Waals surface area (Å²) in [6.07, 6.45) is 1.71. The molecular weight excluding hydrogens is 116 g/mol. The minimum atomic E-state index is -0.272. The Balaban J connectivity index is 3.06.